The molecule has 106 valence electrons. The molecule has 1 saturated carbocycles. The minimum Gasteiger partial charge on any atom is -0.337 e. The molecular weight excluding hydrogens is 252 g/mol. The third-order valence-electron chi connectivity index (χ3n) is 4.34. The quantitative estimate of drug-likeness (QED) is 0.843. The summed E-state index contributed by atoms with van der Waals surface area (Å²) in [5.41, 5.74) is 0.476. The molecule has 2 heterocycles. The Hall–Kier alpha value is -1.91. The number of amides is 1. The van der Waals surface area contributed by atoms with Crippen molar-refractivity contribution in [3.8, 4) is 0 Å². The van der Waals surface area contributed by atoms with Crippen molar-refractivity contribution in [1.82, 2.24) is 19.3 Å². The first-order valence-corrected chi connectivity index (χ1v) is 7.23. The van der Waals surface area contributed by atoms with Crippen LogP contribution in [0, 0.1) is 5.92 Å². The van der Waals surface area contributed by atoms with Gasteiger partial charge in [-0.05, 0) is 24.8 Å². The Morgan fingerprint density at radius 2 is 2.20 bits per heavy atom. The van der Waals surface area contributed by atoms with Gasteiger partial charge in [0.1, 0.15) is 5.69 Å². The standard InChI is InChI=1S/C15H20N4O/c1-11-6-3-4-7-13(11)18(2)14(20)12-10-19-9-5-8-16-15(19)17-12/h5,8-11,13H,3-4,6-7H2,1-2H3. The van der Waals surface area contributed by atoms with Crippen molar-refractivity contribution in [2.45, 2.75) is 38.6 Å². The molecule has 1 aliphatic carbocycles. The number of aromatic nitrogens is 3. The summed E-state index contributed by atoms with van der Waals surface area (Å²) in [7, 11) is 1.90. The first-order chi connectivity index (χ1) is 9.66. The van der Waals surface area contributed by atoms with Crippen molar-refractivity contribution in [2.75, 3.05) is 7.05 Å². The Balaban J connectivity index is 1.83. The smallest absolute Gasteiger partial charge is 0.274 e. The topological polar surface area (TPSA) is 50.5 Å². The van der Waals surface area contributed by atoms with Gasteiger partial charge in [0.15, 0.2) is 0 Å². The summed E-state index contributed by atoms with van der Waals surface area (Å²) in [6.07, 6.45) is 10.1. The third kappa shape index (κ3) is 2.28. The highest BCUT2D eigenvalue weighted by Gasteiger charge is 2.29. The maximum atomic E-state index is 12.6. The third-order valence-corrected chi connectivity index (χ3v) is 4.34. The second kappa shape index (κ2) is 5.23. The molecular formula is C15H20N4O. The second-order valence-electron chi connectivity index (χ2n) is 5.70. The van der Waals surface area contributed by atoms with E-state index in [1.165, 1.54) is 19.3 Å². The van der Waals surface area contributed by atoms with E-state index in [1.807, 2.05) is 24.2 Å². The lowest BCUT2D eigenvalue weighted by Crippen LogP contribution is -2.42. The van der Waals surface area contributed by atoms with Crippen molar-refractivity contribution in [3.63, 3.8) is 0 Å². The minimum atomic E-state index is -0.00532. The SMILES string of the molecule is CC1CCCCC1N(C)C(=O)c1cn2cccnc2n1. The number of fused-ring (bicyclic) bond motifs is 1. The van der Waals surface area contributed by atoms with Gasteiger partial charge in [-0.3, -0.25) is 9.20 Å². The summed E-state index contributed by atoms with van der Waals surface area (Å²) in [5.74, 6) is 1.13. The molecule has 5 heteroatoms. The van der Waals surface area contributed by atoms with Gasteiger partial charge in [0, 0.05) is 31.7 Å². The molecule has 0 aliphatic heterocycles. The monoisotopic (exact) mass is 272 g/mol. The molecule has 0 saturated heterocycles. The van der Waals surface area contributed by atoms with E-state index in [2.05, 4.69) is 16.9 Å². The molecule has 0 bridgehead atoms. The van der Waals surface area contributed by atoms with Gasteiger partial charge < -0.3 is 4.90 Å². The van der Waals surface area contributed by atoms with E-state index < -0.39 is 0 Å². The van der Waals surface area contributed by atoms with Crippen LogP contribution in [0.2, 0.25) is 0 Å². The average Bonchev–Trinajstić information content (AvgIpc) is 2.90. The van der Waals surface area contributed by atoms with E-state index in [0.717, 1.165) is 6.42 Å². The van der Waals surface area contributed by atoms with E-state index in [9.17, 15) is 4.79 Å². The van der Waals surface area contributed by atoms with E-state index in [-0.39, 0.29) is 5.91 Å². The lowest BCUT2D eigenvalue weighted by atomic mass is 9.85. The zero-order valence-electron chi connectivity index (χ0n) is 12.0. The summed E-state index contributed by atoms with van der Waals surface area (Å²) in [6.45, 7) is 2.23. The van der Waals surface area contributed by atoms with Crippen molar-refractivity contribution in [3.05, 3.63) is 30.4 Å². The van der Waals surface area contributed by atoms with Crippen LogP contribution in [0.25, 0.3) is 5.78 Å². The normalized spacial score (nSPS) is 22.9. The van der Waals surface area contributed by atoms with Gasteiger partial charge in [0.25, 0.3) is 5.91 Å². The molecule has 1 amide bonds. The fraction of sp³-hybridized carbons (Fsp3) is 0.533. The number of imidazole rings is 1. The average molecular weight is 272 g/mol. The maximum Gasteiger partial charge on any atom is 0.274 e. The molecule has 0 radical (unpaired) electrons. The number of rotatable bonds is 2. The maximum absolute atomic E-state index is 12.6. The highest BCUT2D eigenvalue weighted by atomic mass is 16.2. The molecule has 0 N–H and O–H groups in total. The van der Waals surface area contributed by atoms with Crippen LogP contribution in [0.1, 0.15) is 43.1 Å². The fourth-order valence-electron chi connectivity index (χ4n) is 3.14. The van der Waals surface area contributed by atoms with Gasteiger partial charge >= 0.3 is 0 Å². The van der Waals surface area contributed by atoms with E-state index >= 15 is 0 Å². The Morgan fingerprint density at radius 1 is 1.40 bits per heavy atom. The summed E-state index contributed by atoms with van der Waals surface area (Å²) in [4.78, 5) is 22.9. The van der Waals surface area contributed by atoms with Crippen molar-refractivity contribution < 1.29 is 4.79 Å². The molecule has 2 aromatic rings. The Bertz CT molecular complexity index is 588. The van der Waals surface area contributed by atoms with Crippen LogP contribution >= 0.6 is 0 Å². The summed E-state index contributed by atoms with van der Waals surface area (Å²) in [6, 6.07) is 2.16. The van der Waals surface area contributed by atoms with Crippen LogP contribution < -0.4 is 0 Å². The zero-order chi connectivity index (χ0) is 14.1. The van der Waals surface area contributed by atoms with Gasteiger partial charge in [0.2, 0.25) is 5.78 Å². The number of carbonyl (C=O) groups is 1. The van der Waals surface area contributed by atoms with Crippen LogP contribution in [-0.2, 0) is 0 Å². The van der Waals surface area contributed by atoms with Crippen LogP contribution in [-0.4, -0.2) is 38.3 Å². The predicted octanol–water partition coefficient (Wildman–Crippen LogP) is 2.38. The number of carbonyl (C=O) groups excluding carboxylic acids is 1. The fourth-order valence-corrected chi connectivity index (χ4v) is 3.14. The second-order valence-corrected chi connectivity index (χ2v) is 5.70. The number of hydrogen-bond acceptors (Lipinski definition) is 3. The molecule has 1 fully saturated rings. The molecule has 5 nitrogen and oxygen atoms in total. The van der Waals surface area contributed by atoms with Gasteiger partial charge in [0.05, 0.1) is 0 Å². The van der Waals surface area contributed by atoms with E-state index in [4.69, 9.17) is 0 Å². The molecule has 2 aromatic heterocycles. The number of nitrogens with zero attached hydrogens (tertiary/aromatic N) is 4. The van der Waals surface area contributed by atoms with Gasteiger partial charge in [-0.25, -0.2) is 9.97 Å². The van der Waals surface area contributed by atoms with E-state index in [0.29, 0.717) is 23.4 Å². The summed E-state index contributed by atoms with van der Waals surface area (Å²) >= 11 is 0. The molecule has 2 atom stereocenters. The highest BCUT2D eigenvalue weighted by molar-refractivity contribution is 5.92. The van der Waals surface area contributed by atoms with Crippen LogP contribution in [0.4, 0.5) is 0 Å². The van der Waals surface area contributed by atoms with E-state index in [1.54, 1.807) is 16.8 Å². The zero-order valence-corrected chi connectivity index (χ0v) is 12.0. The first-order valence-electron chi connectivity index (χ1n) is 7.23. The van der Waals surface area contributed by atoms with Crippen LogP contribution in [0.5, 0.6) is 0 Å². The Morgan fingerprint density at radius 3 is 2.95 bits per heavy atom. The van der Waals surface area contributed by atoms with Gasteiger partial charge in [-0.1, -0.05) is 19.8 Å². The first kappa shape index (κ1) is 13.1. The molecule has 0 spiro atoms. The Kier molecular flexibility index (Phi) is 3.42. The van der Waals surface area contributed by atoms with Crippen LogP contribution in [0.3, 0.4) is 0 Å². The lowest BCUT2D eigenvalue weighted by Gasteiger charge is -2.35. The lowest BCUT2D eigenvalue weighted by molar-refractivity contribution is 0.0623. The molecule has 1 aliphatic rings. The molecule has 20 heavy (non-hydrogen) atoms. The predicted molar refractivity (Wildman–Crippen MR) is 76.5 cm³/mol. The van der Waals surface area contributed by atoms with Gasteiger partial charge in [-0.15, -0.1) is 0 Å². The van der Waals surface area contributed by atoms with Crippen LogP contribution in [0.15, 0.2) is 24.7 Å². The Labute approximate surface area is 118 Å². The summed E-state index contributed by atoms with van der Waals surface area (Å²) in [5, 5.41) is 0. The largest absolute Gasteiger partial charge is 0.337 e. The van der Waals surface area contributed by atoms with Crippen molar-refractivity contribution >= 4 is 11.7 Å². The van der Waals surface area contributed by atoms with Gasteiger partial charge in [-0.2, -0.15) is 0 Å². The minimum absolute atomic E-state index is 0.00532. The summed E-state index contributed by atoms with van der Waals surface area (Å²) < 4.78 is 1.78. The molecule has 3 rings (SSSR count). The molecule has 2 unspecified atom stereocenters. The number of hydrogen-bond donors (Lipinski definition) is 0. The van der Waals surface area contributed by atoms with Crippen molar-refractivity contribution in [1.29, 1.82) is 0 Å². The van der Waals surface area contributed by atoms with Crippen molar-refractivity contribution in [2.24, 2.45) is 5.92 Å². The molecule has 0 aromatic carbocycles. The highest BCUT2D eigenvalue weighted by Crippen LogP contribution is 2.28.